The van der Waals surface area contributed by atoms with Crippen molar-refractivity contribution in [1.29, 1.82) is 0 Å². The lowest BCUT2D eigenvalue weighted by atomic mass is 9.81. The maximum absolute atomic E-state index is 12.6. The molecule has 0 amide bonds. The molecular weight excluding hydrogens is 627 g/mol. The van der Waals surface area contributed by atoms with Gasteiger partial charge < -0.3 is 0 Å². The summed E-state index contributed by atoms with van der Waals surface area (Å²) in [4.78, 5) is 27.8. The second-order valence-corrected chi connectivity index (χ2v) is 13.9. The summed E-state index contributed by atoms with van der Waals surface area (Å²) in [6.07, 6.45) is 0. The predicted molar refractivity (Wildman–Crippen MR) is 206 cm³/mol. The zero-order valence-corrected chi connectivity index (χ0v) is 28.9. The summed E-state index contributed by atoms with van der Waals surface area (Å²) in [6, 6.07) is 48.5. The van der Waals surface area contributed by atoms with E-state index in [1.807, 2.05) is 55.6 Å². The standard InChI is InChI=1S/C45H35N5O/c1-45(2)37-25-31(28-12-7-5-8-13-28)18-21-35(37)36-22-19-34(26-38(36)45)43-47-41(29-14-9-6-10-15-29)46-42(48-43)33-17-11-16-30(24-33)32-20-23-39-40(27-32)50(4)44(51)49(39)3/h5-27H,1-4H3. The maximum atomic E-state index is 12.6. The molecule has 9 rings (SSSR count). The molecule has 0 atom stereocenters. The van der Waals surface area contributed by atoms with E-state index in [0.29, 0.717) is 17.5 Å². The lowest BCUT2D eigenvalue weighted by Crippen LogP contribution is -2.19. The average molecular weight is 662 g/mol. The van der Waals surface area contributed by atoms with Crippen molar-refractivity contribution >= 4 is 11.0 Å². The molecule has 0 radical (unpaired) electrons. The minimum atomic E-state index is -0.207. The molecule has 246 valence electrons. The Balaban J connectivity index is 1.15. The molecule has 0 N–H and O–H groups in total. The number of aromatic nitrogens is 5. The van der Waals surface area contributed by atoms with Crippen molar-refractivity contribution in [3.8, 4) is 67.5 Å². The van der Waals surface area contributed by atoms with E-state index in [2.05, 4.69) is 105 Å². The molecule has 0 spiro atoms. The molecule has 8 aromatic rings. The number of rotatable bonds is 5. The number of hydrogen-bond donors (Lipinski definition) is 0. The molecule has 0 bridgehead atoms. The third kappa shape index (κ3) is 5.02. The molecule has 6 heteroatoms. The molecule has 6 aromatic carbocycles. The summed E-state index contributed by atoms with van der Waals surface area (Å²) in [6.45, 7) is 4.61. The van der Waals surface area contributed by atoms with Gasteiger partial charge in [0.1, 0.15) is 0 Å². The second-order valence-electron chi connectivity index (χ2n) is 13.9. The molecule has 0 saturated heterocycles. The fourth-order valence-corrected chi connectivity index (χ4v) is 7.56. The van der Waals surface area contributed by atoms with Crippen LogP contribution in [0.25, 0.3) is 78.6 Å². The van der Waals surface area contributed by atoms with E-state index in [1.165, 1.54) is 33.4 Å². The van der Waals surface area contributed by atoms with Crippen molar-refractivity contribution in [3.05, 3.63) is 161 Å². The summed E-state index contributed by atoms with van der Waals surface area (Å²) < 4.78 is 3.36. The number of fused-ring (bicyclic) bond motifs is 4. The highest BCUT2D eigenvalue weighted by molar-refractivity contribution is 5.86. The van der Waals surface area contributed by atoms with Gasteiger partial charge in [0.25, 0.3) is 0 Å². The number of benzene rings is 6. The molecule has 6 nitrogen and oxygen atoms in total. The number of imidazole rings is 1. The van der Waals surface area contributed by atoms with Gasteiger partial charge in [0.2, 0.25) is 0 Å². The van der Waals surface area contributed by atoms with Crippen LogP contribution in [0.15, 0.2) is 144 Å². The molecule has 0 unspecified atom stereocenters. The first-order valence-electron chi connectivity index (χ1n) is 17.2. The molecule has 0 saturated carbocycles. The van der Waals surface area contributed by atoms with Crippen LogP contribution >= 0.6 is 0 Å². The monoisotopic (exact) mass is 661 g/mol. The third-order valence-corrected chi connectivity index (χ3v) is 10.4. The van der Waals surface area contributed by atoms with Crippen LogP contribution in [0.2, 0.25) is 0 Å². The maximum Gasteiger partial charge on any atom is 0.328 e. The van der Waals surface area contributed by atoms with Gasteiger partial charge in [0.05, 0.1) is 11.0 Å². The fraction of sp³-hybridized carbons (Fsp3) is 0.111. The molecule has 1 aliphatic rings. The molecule has 2 heterocycles. The Hall–Kier alpha value is -6.40. The first kappa shape index (κ1) is 30.6. The minimum Gasteiger partial charge on any atom is -0.295 e. The van der Waals surface area contributed by atoms with Crippen LogP contribution in [0.1, 0.15) is 25.0 Å². The lowest BCUT2D eigenvalue weighted by Gasteiger charge is -2.22. The molecule has 0 aliphatic heterocycles. The largest absolute Gasteiger partial charge is 0.328 e. The van der Waals surface area contributed by atoms with Crippen LogP contribution in [0.5, 0.6) is 0 Å². The van der Waals surface area contributed by atoms with Gasteiger partial charge in [-0.25, -0.2) is 19.7 Å². The first-order valence-corrected chi connectivity index (χ1v) is 17.2. The lowest BCUT2D eigenvalue weighted by molar-refractivity contribution is 0.661. The van der Waals surface area contributed by atoms with Crippen LogP contribution in [0.3, 0.4) is 0 Å². The normalized spacial score (nSPS) is 12.9. The van der Waals surface area contributed by atoms with Crippen molar-refractivity contribution in [3.63, 3.8) is 0 Å². The molecule has 2 aromatic heterocycles. The van der Waals surface area contributed by atoms with Gasteiger partial charge in [-0.15, -0.1) is 0 Å². The summed E-state index contributed by atoms with van der Waals surface area (Å²) >= 11 is 0. The van der Waals surface area contributed by atoms with Crippen molar-refractivity contribution in [1.82, 2.24) is 24.1 Å². The van der Waals surface area contributed by atoms with E-state index in [0.717, 1.165) is 38.9 Å². The van der Waals surface area contributed by atoms with Gasteiger partial charge in [-0.05, 0) is 74.8 Å². The van der Waals surface area contributed by atoms with E-state index >= 15 is 0 Å². The topological polar surface area (TPSA) is 65.6 Å². The van der Waals surface area contributed by atoms with Gasteiger partial charge in [0.15, 0.2) is 17.5 Å². The Bertz CT molecular complexity index is 2710. The summed E-state index contributed by atoms with van der Waals surface area (Å²) in [7, 11) is 3.61. The zero-order valence-electron chi connectivity index (χ0n) is 28.9. The third-order valence-electron chi connectivity index (χ3n) is 10.4. The second kappa shape index (κ2) is 11.6. The molecular formula is C45H35N5O. The van der Waals surface area contributed by atoms with Gasteiger partial charge >= 0.3 is 5.69 Å². The smallest absolute Gasteiger partial charge is 0.295 e. The van der Waals surface area contributed by atoms with Gasteiger partial charge in [0, 0.05) is 36.2 Å². The number of hydrogen-bond acceptors (Lipinski definition) is 4. The summed E-state index contributed by atoms with van der Waals surface area (Å²) in [5.41, 5.74) is 13.9. The number of aryl methyl sites for hydroxylation is 2. The van der Waals surface area contributed by atoms with Gasteiger partial charge in [-0.1, -0.05) is 123 Å². The Kier molecular flexibility index (Phi) is 6.97. The van der Waals surface area contributed by atoms with Crippen LogP contribution in [-0.2, 0) is 19.5 Å². The van der Waals surface area contributed by atoms with Crippen molar-refractivity contribution in [2.45, 2.75) is 19.3 Å². The van der Waals surface area contributed by atoms with E-state index in [1.54, 1.807) is 16.2 Å². The Morgan fingerprint density at radius 1 is 0.431 bits per heavy atom. The highest BCUT2D eigenvalue weighted by Gasteiger charge is 2.36. The van der Waals surface area contributed by atoms with E-state index in [4.69, 9.17) is 15.0 Å². The first-order chi connectivity index (χ1) is 24.8. The quantitative estimate of drug-likeness (QED) is 0.184. The Morgan fingerprint density at radius 2 is 0.882 bits per heavy atom. The van der Waals surface area contributed by atoms with Crippen molar-refractivity contribution in [2.75, 3.05) is 0 Å². The molecule has 1 aliphatic carbocycles. The number of nitrogens with zero attached hydrogens (tertiary/aromatic N) is 5. The van der Waals surface area contributed by atoms with Crippen LogP contribution in [0, 0.1) is 0 Å². The average Bonchev–Trinajstić information content (AvgIpc) is 3.54. The van der Waals surface area contributed by atoms with Crippen molar-refractivity contribution in [2.24, 2.45) is 14.1 Å². The fourth-order valence-electron chi connectivity index (χ4n) is 7.56. The SMILES string of the molecule is Cn1c(=O)n(C)c2cc(-c3cccc(-c4nc(-c5ccccc5)nc(-c5ccc6c(c5)C(C)(C)c5cc(-c7ccccc7)ccc5-6)n4)c3)ccc21. The predicted octanol–water partition coefficient (Wildman–Crippen LogP) is 9.70. The van der Waals surface area contributed by atoms with E-state index in [9.17, 15) is 4.79 Å². The van der Waals surface area contributed by atoms with E-state index in [-0.39, 0.29) is 11.1 Å². The molecule has 0 fully saturated rings. The summed E-state index contributed by atoms with van der Waals surface area (Å²) in [5, 5.41) is 0. The minimum absolute atomic E-state index is 0.0437. The zero-order chi connectivity index (χ0) is 34.9. The highest BCUT2D eigenvalue weighted by Crippen LogP contribution is 2.50. The highest BCUT2D eigenvalue weighted by atomic mass is 16.1. The Morgan fingerprint density at radius 3 is 1.55 bits per heavy atom. The van der Waals surface area contributed by atoms with Gasteiger partial charge in [-0.2, -0.15) is 0 Å². The van der Waals surface area contributed by atoms with E-state index < -0.39 is 0 Å². The van der Waals surface area contributed by atoms with Gasteiger partial charge in [-0.3, -0.25) is 9.13 Å². The molecule has 51 heavy (non-hydrogen) atoms. The van der Waals surface area contributed by atoms with Crippen LogP contribution in [0.4, 0.5) is 0 Å². The van der Waals surface area contributed by atoms with Crippen LogP contribution in [-0.4, -0.2) is 24.1 Å². The van der Waals surface area contributed by atoms with Crippen molar-refractivity contribution < 1.29 is 0 Å². The Labute approximate surface area is 296 Å². The van der Waals surface area contributed by atoms with Crippen LogP contribution < -0.4 is 5.69 Å². The summed E-state index contributed by atoms with van der Waals surface area (Å²) in [5.74, 6) is 1.85.